The van der Waals surface area contributed by atoms with E-state index in [4.69, 9.17) is 19.7 Å². The number of Topliss-reactive ketones (excluding diaryl/α,β-unsaturated/α-hetero) is 1. The van der Waals surface area contributed by atoms with Crippen LogP contribution in [0, 0.1) is 11.8 Å². The van der Waals surface area contributed by atoms with E-state index in [-0.39, 0.29) is 80.5 Å². The van der Waals surface area contributed by atoms with Gasteiger partial charge in [-0.25, -0.2) is 9.59 Å². The minimum atomic E-state index is -1.36. The molecule has 2 rings (SSSR count). The van der Waals surface area contributed by atoms with Gasteiger partial charge in [0.1, 0.15) is 19.0 Å². The second kappa shape index (κ2) is 18.9. The third-order valence-electron chi connectivity index (χ3n) is 5.61. The monoisotopic (exact) mass is 609 g/mol. The molecule has 232 valence electrons. The number of hydrogen-bond acceptors (Lipinski definition) is 9. The van der Waals surface area contributed by atoms with Crippen LogP contribution < -0.4 is 15.4 Å². The number of benzene rings is 2. The molecule has 0 aliphatic heterocycles. The van der Waals surface area contributed by atoms with Crippen molar-refractivity contribution in [2.24, 2.45) is 5.11 Å². The number of ether oxygens (including phenoxy) is 3. The Morgan fingerprint density at radius 3 is 2.34 bits per heavy atom. The molecule has 1 unspecified atom stereocenters. The lowest BCUT2D eigenvalue weighted by Crippen LogP contribution is -2.29. The predicted molar refractivity (Wildman–Crippen MR) is 154 cm³/mol. The number of azide groups is 1. The summed E-state index contributed by atoms with van der Waals surface area (Å²) >= 11 is 0. The topological polar surface area (TPSA) is 226 Å². The first-order chi connectivity index (χ1) is 21.1. The molecule has 0 heterocycles. The van der Waals surface area contributed by atoms with Crippen molar-refractivity contribution < 1.29 is 48.4 Å². The smallest absolute Gasteiger partial charge is 0.335 e. The third kappa shape index (κ3) is 12.6. The number of nitrogens with one attached hydrogen (secondary N) is 2. The second-order valence-electron chi connectivity index (χ2n) is 8.82. The first kappa shape index (κ1) is 34.8. The van der Waals surface area contributed by atoms with Gasteiger partial charge in [-0.05, 0) is 55.3 Å². The largest absolute Gasteiger partial charge is 0.491 e. The van der Waals surface area contributed by atoms with Crippen LogP contribution in [0.2, 0.25) is 0 Å². The second-order valence-corrected chi connectivity index (χ2v) is 8.82. The third-order valence-corrected chi connectivity index (χ3v) is 5.61. The Hall–Kier alpha value is -5.42. The maximum Gasteiger partial charge on any atom is 0.335 e. The van der Waals surface area contributed by atoms with E-state index < -0.39 is 29.9 Å². The number of rotatable bonds is 19. The van der Waals surface area contributed by atoms with Gasteiger partial charge in [0.05, 0.1) is 30.9 Å². The van der Waals surface area contributed by atoms with Gasteiger partial charge in [-0.15, -0.1) is 5.92 Å². The fourth-order valence-corrected chi connectivity index (χ4v) is 3.49. The maximum atomic E-state index is 12.6. The SMILES string of the molecule is CC#CCNC(=O)COCCOC(COc1cccc(C(=O)NCCCC(=O)c2cc(C(=O)O)cc(C(=O)O)c2)c1)N=[N+]=[N-]. The highest BCUT2D eigenvalue weighted by atomic mass is 16.6. The van der Waals surface area contributed by atoms with Gasteiger partial charge >= 0.3 is 11.9 Å². The fraction of sp³-hybridized carbons (Fsp3) is 0.345. The van der Waals surface area contributed by atoms with Crippen LogP contribution in [-0.4, -0.2) is 85.5 Å². The van der Waals surface area contributed by atoms with Crippen molar-refractivity contribution >= 4 is 29.5 Å². The van der Waals surface area contributed by atoms with Crippen LogP contribution in [-0.2, 0) is 14.3 Å². The van der Waals surface area contributed by atoms with E-state index in [2.05, 4.69) is 32.5 Å². The average molecular weight is 610 g/mol. The van der Waals surface area contributed by atoms with Crippen molar-refractivity contribution in [3.63, 3.8) is 0 Å². The number of hydrogen-bond donors (Lipinski definition) is 4. The Labute approximate surface area is 252 Å². The van der Waals surface area contributed by atoms with Crippen molar-refractivity contribution in [3.05, 3.63) is 75.2 Å². The summed E-state index contributed by atoms with van der Waals surface area (Å²) in [6.07, 6.45) is -0.846. The van der Waals surface area contributed by atoms with Gasteiger partial charge < -0.3 is 35.1 Å². The molecule has 0 radical (unpaired) electrons. The number of carbonyl (C=O) groups excluding carboxylic acids is 3. The highest BCUT2D eigenvalue weighted by molar-refractivity contribution is 6.02. The number of ketones is 1. The van der Waals surface area contributed by atoms with Gasteiger partial charge in [0.2, 0.25) is 5.91 Å². The summed E-state index contributed by atoms with van der Waals surface area (Å²) in [4.78, 5) is 61.9. The normalized spacial score (nSPS) is 10.8. The Balaban J connectivity index is 1.79. The summed E-state index contributed by atoms with van der Waals surface area (Å²) in [6, 6.07) is 9.36. The van der Waals surface area contributed by atoms with E-state index in [9.17, 15) is 34.2 Å². The molecule has 0 saturated carbocycles. The van der Waals surface area contributed by atoms with Crippen LogP contribution in [0.1, 0.15) is 61.2 Å². The van der Waals surface area contributed by atoms with Gasteiger partial charge in [0, 0.05) is 29.0 Å². The summed E-state index contributed by atoms with van der Waals surface area (Å²) < 4.78 is 16.2. The molecule has 0 saturated heterocycles. The van der Waals surface area contributed by atoms with Crippen LogP contribution in [0.4, 0.5) is 0 Å². The molecule has 2 amide bonds. The molecule has 44 heavy (non-hydrogen) atoms. The standard InChI is InChI=1S/C29H31N5O10/c1-2-3-9-31-25(36)17-42-11-12-43-26(33-34-30)18-44-23-7-4-6-19(16-23)27(37)32-10-5-8-24(35)20-13-21(28(38)39)15-22(14-20)29(40)41/h4,6-7,13-16,26H,5,8-12,17-18H2,1H3,(H,31,36)(H,32,37)(H,38,39)(H,40,41). The Morgan fingerprint density at radius 2 is 1.68 bits per heavy atom. The Bertz CT molecular complexity index is 1430. The summed E-state index contributed by atoms with van der Waals surface area (Å²) in [5.41, 5.74) is 8.39. The minimum Gasteiger partial charge on any atom is -0.491 e. The number of amides is 2. The zero-order chi connectivity index (χ0) is 32.3. The molecule has 0 aliphatic rings. The van der Waals surface area contributed by atoms with Gasteiger partial charge in [-0.1, -0.05) is 17.1 Å². The lowest BCUT2D eigenvalue weighted by molar-refractivity contribution is -0.126. The van der Waals surface area contributed by atoms with Gasteiger partial charge in [0.15, 0.2) is 12.0 Å². The van der Waals surface area contributed by atoms with Crippen molar-refractivity contribution in [1.29, 1.82) is 0 Å². The molecule has 0 bridgehead atoms. The van der Waals surface area contributed by atoms with Gasteiger partial charge in [-0.3, -0.25) is 14.4 Å². The van der Waals surface area contributed by atoms with Crippen LogP contribution in [0.5, 0.6) is 5.75 Å². The average Bonchev–Trinajstić information content (AvgIpc) is 3.01. The highest BCUT2D eigenvalue weighted by Gasteiger charge is 2.16. The van der Waals surface area contributed by atoms with Crippen LogP contribution in [0.3, 0.4) is 0 Å². The van der Waals surface area contributed by atoms with E-state index in [1.54, 1.807) is 25.1 Å². The summed E-state index contributed by atoms with van der Waals surface area (Å²) in [5.74, 6) is 1.67. The molecule has 2 aromatic rings. The summed E-state index contributed by atoms with van der Waals surface area (Å²) in [7, 11) is 0. The van der Waals surface area contributed by atoms with E-state index in [1.165, 1.54) is 6.07 Å². The molecule has 0 aliphatic carbocycles. The van der Waals surface area contributed by atoms with E-state index in [1.807, 2.05) is 0 Å². The lowest BCUT2D eigenvalue weighted by atomic mass is 10.0. The molecule has 0 spiro atoms. The number of nitrogens with zero attached hydrogens (tertiary/aromatic N) is 3. The number of carboxylic acids is 2. The molecule has 2 aromatic carbocycles. The predicted octanol–water partition coefficient (Wildman–Crippen LogP) is 2.66. The van der Waals surface area contributed by atoms with Crippen LogP contribution in [0.25, 0.3) is 10.4 Å². The zero-order valence-corrected chi connectivity index (χ0v) is 23.8. The van der Waals surface area contributed by atoms with Crippen LogP contribution in [0.15, 0.2) is 47.6 Å². The summed E-state index contributed by atoms with van der Waals surface area (Å²) in [5, 5.41) is 27.1. The van der Waals surface area contributed by atoms with Crippen LogP contribution >= 0.6 is 0 Å². The Morgan fingerprint density at radius 1 is 0.977 bits per heavy atom. The van der Waals surface area contributed by atoms with Crippen molar-refractivity contribution in [3.8, 4) is 17.6 Å². The molecular formula is C29H31N5O10. The number of carboxylic acid groups (broad SMARTS) is 2. The minimum absolute atomic E-state index is 0.0196. The Kier molecular flexibility index (Phi) is 14.9. The number of carbonyl (C=O) groups is 5. The lowest BCUT2D eigenvalue weighted by Gasteiger charge is -2.14. The number of aromatic carboxylic acids is 2. The van der Waals surface area contributed by atoms with Crippen molar-refractivity contribution in [2.45, 2.75) is 26.0 Å². The first-order valence-electron chi connectivity index (χ1n) is 13.2. The van der Waals surface area contributed by atoms with E-state index >= 15 is 0 Å². The quantitative estimate of drug-likeness (QED) is 0.0454. The van der Waals surface area contributed by atoms with Gasteiger partial charge in [0.25, 0.3) is 5.91 Å². The van der Waals surface area contributed by atoms with Crippen molar-refractivity contribution in [2.75, 3.05) is 39.5 Å². The first-order valence-corrected chi connectivity index (χ1v) is 13.2. The molecule has 0 fully saturated rings. The van der Waals surface area contributed by atoms with Gasteiger partial charge in [-0.2, -0.15) is 0 Å². The maximum absolute atomic E-state index is 12.6. The van der Waals surface area contributed by atoms with E-state index in [0.29, 0.717) is 5.75 Å². The molecule has 0 aromatic heterocycles. The molecular weight excluding hydrogens is 578 g/mol. The van der Waals surface area contributed by atoms with E-state index in [0.717, 1.165) is 18.2 Å². The fourth-order valence-electron chi connectivity index (χ4n) is 3.49. The molecule has 15 nitrogen and oxygen atoms in total. The highest BCUT2D eigenvalue weighted by Crippen LogP contribution is 2.16. The van der Waals surface area contributed by atoms with Crippen molar-refractivity contribution in [1.82, 2.24) is 10.6 Å². The molecule has 4 N–H and O–H groups in total. The zero-order valence-electron chi connectivity index (χ0n) is 23.8. The molecule has 15 heteroatoms. The molecule has 1 atom stereocenters. The summed E-state index contributed by atoms with van der Waals surface area (Å²) in [6.45, 7) is 1.72.